The van der Waals surface area contributed by atoms with E-state index >= 15 is 0 Å². The average Bonchev–Trinajstić information content (AvgIpc) is 2.86. The molecule has 37 heavy (non-hydrogen) atoms. The number of nitrogens with one attached hydrogen (secondary N) is 1. The monoisotopic (exact) mass is 580 g/mol. The van der Waals surface area contributed by atoms with E-state index in [1.54, 1.807) is 30.3 Å². The van der Waals surface area contributed by atoms with Crippen molar-refractivity contribution in [1.82, 2.24) is 10.2 Å². The summed E-state index contributed by atoms with van der Waals surface area (Å²) in [7, 11) is 0. The van der Waals surface area contributed by atoms with Crippen LogP contribution in [0, 0.1) is 5.92 Å². The zero-order valence-corrected chi connectivity index (χ0v) is 23.5. The number of amides is 2. The van der Waals surface area contributed by atoms with E-state index < -0.39 is 11.9 Å². The fourth-order valence-corrected chi connectivity index (χ4v) is 4.62. The topological polar surface area (TPSA) is 58.6 Å². The molecule has 3 aromatic carbocycles. The highest BCUT2D eigenvalue weighted by Crippen LogP contribution is 2.29. The Kier molecular flexibility index (Phi) is 11.0. The summed E-state index contributed by atoms with van der Waals surface area (Å²) in [4.78, 5) is 28.6. The summed E-state index contributed by atoms with van der Waals surface area (Å²) in [5, 5.41) is 4.48. The maximum atomic E-state index is 13.7. The summed E-state index contributed by atoms with van der Waals surface area (Å²) in [6, 6.07) is 18.5. The third-order valence-corrected chi connectivity index (χ3v) is 6.83. The predicted molar refractivity (Wildman–Crippen MR) is 151 cm³/mol. The van der Waals surface area contributed by atoms with Gasteiger partial charge in [-0.05, 0) is 41.8 Å². The zero-order chi connectivity index (χ0) is 26.9. The molecule has 1 atom stereocenters. The lowest BCUT2D eigenvalue weighted by Gasteiger charge is -2.32. The first-order valence-corrected chi connectivity index (χ1v) is 13.3. The number of carbonyl (C=O) groups is 2. The summed E-state index contributed by atoms with van der Waals surface area (Å²) >= 11 is 25.1. The standard InChI is InChI=1S/C28H28Cl4N2O3/c1-18(2)15-33-28(36)25(13-19-7-4-3-5-8-19)34(16-21-22(30)9-6-10-23(21)31)27(35)17-37-26-12-11-20(29)14-24(26)32/h3-12,14,18,25H,13,15-17H2,1-2H3,(H,33,36). The number of ether oxygens (including phenoxy) is 1. The fraction of sp³-hybridized carbons (Fsp3) is 0.286. The minimum absolute atomic E-state index is 0.0155. The zero-order valence-electron chi connectivity index (χ0n) is 20.5. The van der Waals surface area contributed by atoms with Crippen molar-refractivity contribution in [3.8, 4) is 5.75 Å². The van der Waals surface area contributed by atoms with Crippen molar-refractivity contribution in [2.45, 2.75) is 32.9 Å². The van der Waals surface area contributed by atoms with Crippen LogP contribution in [0.15, 0.2) is 66.7 Å². The molecule has 196 valence electrons. The van der Waals surface area contributed by atoms with Gasteiger partial charge < -0.3 is 15.0 Å². The molecule has 0 radical (unpaired) electrons. The van der Waals surface area contributed by atoms with Crippen molar-refractivity contribution in [2.75, 3.05) is 13.2 Å². The molecule has 0 fully saturated rings. The number of hydrogen-bond donors (Lipinski definition) is 1. The molecule has 0 aromatic heterocycles. The van der Waals surface area contributed by atoms with E-state index in [2.05, 4.69) is 5.32 Å². The van der Waals surface area contributed by atoms with Crippen LogP contribution in [0.4, 0.5) is 0 Å². The normalized spacial score (nSPS) is 11.8. The van der Waals surface area contributed by atoms with Crippen molar-refractivity contribution < 1.29 is 14.3 Å². The lowest BCUT2D eigenvalue weighted by molar-refractivity contribution is -0.142. The Balaban J connectivity index is 1.96. The van der Waals surface area contributed by atoms with E-state index in [1.165, 1.54) is 11.0 Å². The van der Waals surface area contributed by atoms with Gasteiger partial charge in [0, 0.05) is 40.1 Å². The molecule has 1 N–H and O–H groups in total. The van der Waals surface area contributed by atoms with E-state index in [0.29, 0.717) is 39.3 Å². The highest BCUT2D eigenvalue weighted by atomic mass is 35.5. The smallest absolute Gasteiger partial charge is 0.261 e. The Morgan fingerprint density at radius 2 is 1.57 bits per heavy atom. The van der Waals surface area contributed by atoms with Crippen molar-refractivity contribution in [3.63, 3.8) is 0 Å². The lowest BCUT2D eigenvalue weighted by Crippen LogP contribution is -2.52. The quantitative estimate of drug-likeness (QED) is 0.263. The summed E-state index contributed by atoms with van der Waals surface area (Å²) in [6.45, 7) is 4.13. The third kappa shape index (κ3) is 8.54. The molecule has 2 amide bonds. The van der Waals surface area contributed by atoms with Crippen LogP contribution in [0.2, 0.25) is 20.1 Å². The number of hydrogen-bond acceptors (Lipinski definition) is 3. The first kappa shape index (κ1) is 29.1. The van der Waals surface area contributed by atoms with E-state index in [0.717, 1.165) is 5.56 Å². The van der Waals surface area contributed by atoms with Crippen LogP contribution in [-0.4, -0.2) is 35.9 Å². The molecule has 5 nitrogen and oxygen atoms in total. The Labute approximate surface area is 237 Å². The van der Waals surface area contributed by atoms with Gasteiger partial charge in [-0.25, -0.2) is 0 Å². The second kappa shape index (κ2) is 13.9. The average molecular weight is 582 g/mol. The highest BCUT2D eigenvalue weighted by molar-refractivity contribution is 6.36. The molecule has 0 bridgehead atoms. The van der Waals surface area contributed by atoms with Crippen LogP contribution in [0.3, 0.4) is 0 Å². The van der Waals surface area contributed by atoms with Gasteiger partial charge in [-0.1, -0.05) is 96.6 Å². The molecule has 0 saturated heterocycles. The van der Waals surface area contributed by atoms with Gasteiger partial charge in [-0.3, -0.25) is 9.59 Å². The van der Waals surface area contributed by atoms with Gasteiger partial charge >= 0.3 is 0 Å². The van der Waals surface area contributed by atoms with Gasteiger partial charge in [-0.15, -0.1) is 0 Å². The second-order valence-electron chi connectivity index (χ2n) is 8.93. The minimum Gasteiger partial charge on any atom is -0.482 e. The maximum Gasteiger partial charge on any atom is 0.261 e. The van der Waals surface area contributed by atoms with Crippen LogP contribution < -0.4 is 10.1 Å². The predicted octanol–water partition coefficient (Wildman–Crippen LogP) is 7.09. The molecule has 0 aliphatic rings. The van der Waals surface area contributed by atoms with Crippen molar-refractivity contribution >= 4 is 58.2 Å². The van der Waals surface area contributed by atoms with Gasteiger partial charge in [0.1, 0.15) is 11.8 Å². The van der Waals surface area contributed by atoms with Gasteiger partial charge in [0.2, 0.25) is 5.91 Å². The molecular formula is C28H28Cl4N2O3. The molecule has 1 unspecified atom stereocenters. The van der Waals surface area contributed by atoms with Crippen LogP contribution in [0.5, 0.6) is 5.75 Å². The molecule has 0 spiro atoms. The molecule has 0 heterocycles. The number of rotatable bonds is 11. The number of benzene rings is 3. The Morgan fingerprint density at radius 1 is 0.892 bits per heavy atom. The Morgan fingerprint density at radius 3 is 2.19 bits per heavy atom. The second-order valence-corrected chi connectivity index (χ2v) is 10.6. The lowest BCUT2D eigenvalue weighted by atomic mass is 10.0. The van der Waals surface area contributed by atoms with E-state index in [4.69, 9.17) is 51.1 Å². The number of carbonyl (C=O) groups excluding carboxylic acids is 2. The first-order valence-electron chi connectivity index (χ1n) is 11.8. The Bertz CT molecular complexity index is 1200. The number of nitrogens with zero attached hydrogens (tertiary/aromatic N) is 1. The van der Waals surface area contributed by atoms with Crippen LogP contribution in [-0.2, 0) is 22.6 Å². The molecule has 0 saturated carbocycles. The van der Waals surface area contributed by atoms with Crippen molar-refractivity contribution in [2.24, 2.45) is 5.92 Å². The summed E-state index contributed by atoms with van der Waals surface area (Å²) < 4.78 is 5.73. The highest BCUT2D eigenvalue weighted by Gasteiger charge is 2.31. The largest absolute Gasteiger partial charge is 0.482 e. The van der Waals surface area contributed by atoms with Crippen molar-refractivity contribution in [1.29, 1.82) is 0 Å². The van der Waals surface area contributed by atoms with Crippen LogP contribution in [0.25, 0.3) is 0 Å². The van der Waals surface area contributed by atoms with Gasteiger partial charge in [0.25, 0.3) is 5.91 Å². The molecule has 3 aromatic rings. The number of halogens is 4. The van der Waals surface area contributed by atoms with E-state index in [1.807, 2.05) is 44.2 Å². The van der Waals surface area contributed by atoms with E-state index in [-0.39, 0.29) is 30.0 Å². The molecule has 0 aliphatic carbocycles. The molecular weight excluding hydrogens is 554 g/mol. The van der Waals surface area contributed by atoms with Gasteiger partial charge in [-0.2, -0.15) is 0 Å². The van der Waals surface area contributed by atoms with E-state index in [9.17, 15) is 9.59 Å². The summed E-state index contributed by atoms with van der Waals surface area (Å²) in [5.41, 5.74) is 1.44. The van der Waals surface area contributed by atoms with Crippen LogP contribution >= 0.6 is 46.4 Å². The van der Waals surface area contributed by atoms with Crippen molar-refractivity contribution in [3.05, 3.63) is 97.9 Å². The SMILES string of the molecule is CC(C)CNC(=O)C(Cc1ccccc1)N(Cc1c(Cl)cccc1Cl)C(=O)COc1ccc(Cl)cc1Cl. The van der Waals surface area contributed by atoms with Gasteiger partial charge in [0.15, 0.2) is 6.61 Å². The first-order chi connectivity index (χ1) is 17.7. The third-order valence-electron chi connectivity index (χ3n) is 5.59. The fourth-order valence-electron chi connectivity index (χ4n) is 3.64. The summed E-state index contributed by atoms with van der Waals surface area (Å²) in [5.74, 6) is -0.167. The van der Waals surface area contributed by atoms with Gasteiger partial charge in [0.05, 0.1) is 5.02 Å². The molecule has 3 rings (SSSR count). The van der Waals surface area contributed by atoms with Crippen LogP contribution in [0.1, 0.15) is 25.0 Å². The minimum atomic E-state index is -0.842. The summed E-state index contributed by atoms with van der Waals surface area (Å²) in [6.07, 6.45) is 0.292. The molecule has 9 heteroatoms. The Hall–Kier alpha value is -2.44. The maximum absolute atomic E-state index is 13.7. The molecule has 0 aliphatic heterocycles.